The third-order valence-corrected chi connectivity index (χ3v) is 4.93. The number of aromatic nitrogens is 1. The molecule has 0 atom stereocenters. The summed E-state index contributed by atoms with van der Waals surface area (Å²) in [5.74, 6) is 0.645. The fraction of sp³-hybridized carbons (Fsp3) is 0.0556. The maximum absolute atomic E-state index is 12.5. The topological polar surface area (TPSA) is 59.5 Å². The molecule has 5 nitrogen and oxygen atoms in total. The van der Waals surface area contributed by atoms with Gasteiger partial charge in [-0.2, -0.15) is 0 Å². The largest absolute Gasteiger partial charge is 0.497 e. The van der Waals surface area contributed by atoms with Gasteiger partial charge in [-0.3, -0.25) is 4.98 Å². The van der Waals surface area contributed by atoms with E-state index >= 15 is 0 Å². The van der Waals surface area contributed by atoms with E-state index in [1.54, 1.807) is 37.4 Å². The number of benzene rings is 2. The van der Waals surface area contributed by atoms with Gasteiger partial charge in [0.2, 0.25) is 0 Å². The van der Waals surface area contributed by atoms with Gasteiger partial charge in [0, 0.05) is 10.8 Å². The highest BCUT2D eigenvalue weighted by atomic mass is 32.2. The quantitative estimate of drug-likeness (QED) is 0.708. The summed E-state index contributed by atoms with van der Waals surface area (Å²) >= 11 is 0. The Morgan fingerprint density at radius 2 is 1.79 bits per heavy atom. The third kappa shape index (κ3) is 2.96. The average Bonchev–Trinajstić information content (AvgIpc) is 2.62. The Morgan fingerprint density at radius 1 is 1.08 bits per heavy atom. The SMILES string of the molecule is C=CS(=O)(=O)N(c1ccc(OC)cc1)c1cnc2ccccc2c1. The molecule has 0 amide bonds. The van der Waals surface area contributed by atoms with Crippen LogP contribution < -0.4 is 9.04 Å². The molecular formula is C18H16N2O3S. The second kappa shape index (κ2) is 6.33. The van der Waals surface area contributed by atoms with Gasteiger partial charge in [-0.25, -0.2) is 12.7 Å². The Morgan fingerprint density at radius 3 is 2.46 bits per heavy atom. The minimum absolute atomic E-state index is 0.443. The molecule has 2 aromatic carbocycles. The number of rotatable bonds is 5. The van der Waals surface area contributed by atoms with Gasteiger partial charge >= 0.3 is 0 Å². The lowest BCUT2D eigenvalue weighted by molar-refractivity contribution is 0.415. The molecule has 0 fully saturated rings. The van der Waals surface area contributed by atoms with Gasteiger partial charge in [0.25, 0.3) is 10.0 Å². The predicted octanol–water partition coefficient (Wildman–Crippen LogP) is 3.85. The molecule has 0 spiro atoms. The highest BCUT2D eigenvalue weighted by Crippen LogP contribution is 2.32. The Hall–Kier alpha value is -2.86. The van der Waals surface area contributed by atoms with E-state index in [1.807, 2.05) is 24.3 Å². The molecule has 3 aromatic rings. The van der Waals surface area contributed by atoms with Crippen molar-refractivity contribution in [2.24, 2.45) is 0 Å². The van der Waals surface area contributed by atoms with Crippen molar-refractivity contribution in [3.8, 4) is 5.75 Å². The first kappa shape index (κ1) is 16.0. The van der Waals surface area contributed by atoms with Crippen LogP contribution in [0.5, 0.6) is 5.75 Å². The van der Waals surface area contributed by atoms with E-state index in [0.29, 0.717) is 17.1 Å². The van der Waals surface area contributed by atoms with Gasteiger partial charge in [0.1, 0.15) is 5.75 Å². The summed E-state index contributed by atoms with van der Waals surface area (Å²) in [7, 11) is -2.18. The number of para-hydroxylation sites is 1. The van der Waals surface area contributed by atoms with Crippen LogP contribution in [0.1, 0.15) is 0 Å². The van der Waals surface area contributed by atoms with Crippen LogP contribution in [-0.4, -0.2) is 20.5 Å². The van der Waals surface area contributed by atoms with Crippen molar-refractivity contribution in [2.45, 2.75) is 0 Å². The van der Waals surface area contributed by atoms with Gasteiger partial charge in [-0.1, -0.05) is 24.8 Å². The smallest absolute Gasteiger partial charge is 0.261 e. The van der Waals surface area contributed by atoms with Crippen LogP contribution in [0.2, 0.25) is 0 Å². The number of pyridine rings is 1. The van der Waals surface area contributed by atoms with Crippen LogP contribution in [-0.2, 0) is 10.0 Å². The Labute approximate surface area is 140 Å². The molecule has 0 radical (unpaired) electrons. The molecule has 24 heavy (non-hydrogen) atoms. The second-order valence-corrected chi connectivity index (χ2v) is 6.79. The summed E-state index contributed by atoms with van der Waals surface area (Å²) in [6, 6.07) is 16.1. The molecule has 1 heterocycles. The Bertz CT molecular complexity index is 983. The van der Waals surface area contributed by atoms with Crippen LogP contribution in [0, 0.1) is 0 Å². The van der Waals surface area contributed by atoms with Gasteiger partial charge in [-0.05, 0) is 36.4 Å². The van der Waals surface area contributed by atoms with Gasteiger partial charge in [-0.15, -0.1) is 0 Å². The molecule has 0 saturated carbocycles. The van der Waals surface area contributed by atoms with Gasteiger partial charge in [0.05, 0.1) is 30.2 Å². The van der Waals surface area contributed by atoms with Crippen LogP contribution in [0.4, 0.5) is 11.4 Å². The number of nitrogens with zero attached hydrogens (tertiary/aromatic N) is 2. The zero-order valence-corrected chi connectivity index (χ0v) is 13.9. The van der Waals surface area contributed by atoms with E-state index in [4.69, 9.17) is 4.74 Å². The van der Waals surface area contributed by atoms with Gasteiger partial charge < -0.3 is 4.74 Å². The van der Waals surface area contributed by atoms with Crippen LogP contribution in [0.25, 0.3) is 10.9 Å². The number of hydrogen-bond acceptors (Lipinski definition) is 4. The van der Waals surface area contributed by atoms with E-state index in [-0.39, 0.29) is 0 Å². The summed E-state index contributed by atoms with van der Waals surface area (Å²) < 4.78 is 31.4. The predicted molar refractivity (Wildman–Crippen MR) is 96.0 cm³/mol. The summed E-state index contributed by atoms with van der Waals surface area (Å²) in [6.07, 6.45) is 1.54. The summed E-state index contributed by atoms with van der Waals surface area (Å²) in [6.45, 7) is 3.43. The second-order valence-electron chi connectivity index (χ2n) is 5.06. The number of hydrogen-bond donors (Lipinski definition) is 0. The number of ether oxygens (including phenoxy) is 1. The van der Waals surface area contributed by atoms with Crippen LogP contribution in [0.3, 0.4) is 0 Å². The van der Waals surface area contributed by atoms with Crippen molar-refractivity contribution in [2.75, 3.05) is 11.4 Å². The molecule has 1 aromatic heterocycles. The van der Waals surface area contributed by atoms with Gasteiger partial charge in [0.15, 0.2) is 0 Å². The lowest BCUT2D eigenvalue weighted by Crippen LogP contribution is -2.23. The Balaban J connectivity index is 2.17. The molecule has 0 aliphatic rings. The minimum atomic E-state index is -3.74. The highest BCUT2D eigenvalue weighted by Gasteiger charge is 2.22. The van der Waals surface area contributed by atoms with Crippen molar-refractivity contribution in [3.05, 3.63) is 72.8 Å². The van der Waals surface area contributed by atoms with Crippen molar-refractivity contribution >= 4 is 32.3 Å². The first-order chi connectivity index (χ1) is 11.5. The molecule has 0 aliphatic heterocycles. The van der Waals surface area contributed by atoms with Crippen LogP contribution in [0.15, 0.2) is 72.8 Å². The molecule has 0 aliphatic carbocycles. The lowest BCUT2D eigenvalue weighted by atomic mass is 10.2. The average molecular weight is 340 g/mol. The summed E-state index contributed by atoms with van der Waals surface area (Å²) in [4.78, 5) is 4.34. The monoisotopic (exact) mass is 340 g/mol. The van der Waals surface area contributed by atoms with Crippen molar-refractivity contribution in [1.82, 2.24) is 4.98 Å². The zero-order chi connectivity index (χ0) is 17.2. The van der Waals surface area contributed by atoms with E-state index in [2.05, 4.69) is 11.6 Å². The minimum Gasteiger partial charge on any atom is -0.497 e. The molecule has 122 valence electrons. The lowest BCUT2D eigenvalue weighted by Gasteiger charge is -2.23. The zero-order valence-electron chi connectivity index (χ0n) is 13.1. The highest BCUT2D eigenvalue weighted by molar-refractivity contribution is 7.95. The number of sulfonamides is 1. The fourth-order valence-electron chi connectivity index (χ4n) is 2.41. The van der Waals surface area contributed by atoms with E-state index < -0.39 is 10.0 Å². The van der Waals surface area contributed by atoms with Crippen molar-refractivity contribution in [1.29, 1.82) is 0 Å². The maximum atomic E-state index is 12.5. The first-order valence-corrected chi connectivity index (χ1v) is 8.72. The molecule has 6 heteroatoms. The molecule has 0 saturated heterocycles. The molecule has 0 bridgehead atoms. The molecule has 0 unspecified atom stereocenters. The first-order valence-electron chi connectivity index (χ1n) is 7.22. The Kier molecular flexibility index (Phi) is 4.22. The number of anilines is 2. The molecular weight excluding hydrogens is 324 g/mol. The fourth-order valence-corrected chi connectivity index (χ4v) is 3.36. The van der Waals surface area contributed by atoms with Crippen LogP contribution >= 0.6 is 0 Å². The third-order valence-electron chi connectivity index (χ3n) is 3.58. The number of methoxy groups -OCH3 is 1. The normalized spacial score (nSPS) is 11.2. The maximum Gasteiger partial charge on any atom is 0.261 e. The van der Waals surface area contributed by atoms with E-state index in [0.717, 1.165) is 16.3 Å². The summed E-state index contributed by atoms with van der Waals surface area (Å²) in [5.41, 5.74) is 1.72. The van der Waals surface area contributed by atoms with E-state index in [1.165, 1.54) is 10.5 Å². The molecule has 3 rings (SSSR count). The number of fused-ring (bicyclic) bond motifs is 1. The van der Waals surface area contributed by atoms with E-state index in [9.17, 15) is 8.42 Å². The summed E-state index contributed by atoms with van der Waals surface area (Å²) in [5, 5.41) is 1.78. The van der Waals surface area contributed by atoms with Crippen molar-refractivity contribution in [3.63, 3.8) is 0 Å². The van der Waals surface area contributed by atoms with Crippen molar-refractivity contribution < 1.29 is 13.2 Å². The standard InChI is InChI=1S/C18H16N2O3S/c1-3-24(21,22)20(15-8-10-17(23-2)11-9-15)16-12-14-6-4-5-7-18(14)19-13-16/h3-13H,1H2,2H3. The molecule has 0 N–H and O–H groups in total.